The van der Waals surface area contributed by atoms with Gasteiger partial charge in [0.2, 0.25) is 16.9 Å². The van der Waals surface area contributed by atoms with E-state index in [1.54, 1.807) is 0 Å². The minimum absolute atomic E-state index is 0.0598. The quantitative estimate of drug-likeness (QED) is 0.528. The van der Waals surface area contributed by atoms with Gasteiger partial charge in [0.1, 0.15) is 0 Å². The van der Waals surface area contributed by atoms with Gasteiger partial charge in [-0.25, -0.2) is 0 Å². The van der Waals surface area contributed by atoms with Crippen molar-refractivity contribution in [1.29, 1.82) is 0 Å². The molecular formula is C17H20N4O3S2. The Hall–Kier alpha value is -1.97. The van der Waals surface area contributed by atoms with Crippen LogP contribution in [0.5, 0.6) is 0 Å². The van der Waals surface area contributed by atoms with Crippen LogP contribution in [-0.4, -0.2) is 47.0 Å². The Bertz CT molecular complexity index is 733. The molecular weight excluding hydrogens is 372 g/mol. The Labute approximate surface area is 159 Å². The summed E-state index contributed by atoms with van der Waals surface area (Å²) >= 11 is 2.56. The van der Waals surface area contributed by atoms with Crippen molar-refractivity contribution >= 4 is 40.0 Å². The van der Waals surface area contributed by atoms with Crippen LogP contribution in [0.15, 0.2) is 34.7 Å². The van der Waals surface area contributed by atoms with Gasteiger partial charge in [0.05, 0.1) is 18.3 Å². The highest BCUT2D eigenvalue weighted by molar-refractivity contribution is 8.01. The van der Waals surface area contributed by atoms with E-state index >= 15 is 0 Å². The smallest absolute Gasteiger partial charge is 0.230 e. The molecule has 0 unspecified atom stereocenters. The van der Waals surface area contributed by atoms with Crippen molar-refractivity contribution < 1.29 is 14.3 Å². The lowest BCUT2D eigenvalue weighted by Crippen LogP contribution is -2.32. The summed E-state index contributed by atoms with van der Waals surface area (Å²) in [6.45, 7) is 1.33. The van der Waals surface area contributed by atoms with Crippen molar-refractivity contribution in [2.24, 2.45) is 0 Å². The number of carbonyl (C=O) groups excluding carboxylic acids is 2. The first-order chi connectivity index (χ1) is 12.7. The summed E-state index contributed by atoms with van der Waals surface area (Å²) in [4.78, 5) is 23.9. The molecule has 2 amide bonds. The first kappa shape index (κ1) is 18.8. The number of thioether (sulfide) groups is 1. The number of rotatable bonds is 8. The molecule has 1 fully saturated rings. The van der Waals surface area contributed by atoms with Crippen LogP contribution in [-0.2, 0) is 20.7 Å². The van der Waals surface area contributed by atoms with Gasteiger partial charge in [-0.3, -0.25) is 9.59 Å². The molecule has 0 radical (unpaired) electrons. The van der Waals surface area contributed by atoms with Gasteiger partial charge in [0.25, 0.3) is 0 Å². The van der Waals surface area contributed by atoms with Crippen molar-refractivity contribution in [3.8, 4) is 0 Å². The van der Waals surface area contributed by atoms with Crippen LogP contribution in [0.4, 0.5) is 5.13 Å². The fourth-order valence-electron chi connectivity index (χ4n) is 2.47. The van der Waals surface area contributed by atoms with Crippen LogP contribution >= 0.6 is 23.1 Å². The minimum Gasteiger partial charge on any atom is -0.376 e. The maximum absolute atomic E-state index is 12.0. The fraction of sp³-hybridized carbons (Fsp3) is 0.412. The van der Waals surface area contributed by atoms with Crippen molar-refractivity contribution in [3.05, 3.63) is 35.9 Å². The van der Waals surface area contributed by atoms with E-state index in [1.807, 2.05) is 30.3 Å². The Kier molecular flexibility index (Phi) is 6.98. The normalized spacial score (nSPS) is 16.4. The Balaban J connectivity index is 1.38. The predicted octanol–water partition coefficient (Wildman–Crippen LogP) is 2.11. The molecule has 0 spiro atoms. The van der Waals surface area contributed by atoms with E-state index in [-0.39, 0.29) is 30.1 Å². The zero-order valence-corrected chi connectivity index (χ0v) is 15.8. The van der Waals surface area contributed by atoms with Gasteiger partial charge in [0.15, 0.2) is 4.34 Å². The average molecular weight is 393 g/mol. The molecule has 1 aliphatic rings. The van der Waals surface area contributed by atoms with E-state index in [9.17, 15) is 9.59 Å². The van der Waals surface area contributed by atoms with Crippen LogP contribution in [0, 0.1) is 0 Å². The third-order valence-electron chi connectivity index (χ3n) is 3.74. The second-order valence-corrected chi connectivity index (χ2v) is 8.01. The maximum atomic E-state index is 12.0. The molecule has 26 heavy (non-hydrogen) atoms. The molecule has 0 saturated carbocycles. The average Bonchev–Trinajstić information content (AvgIpc) is 3.31. The second-order valence-electron chi connectivity index (χ2n) is 5.81. The topological polar surface area (TPSA) is 93.2 Å². The summed E-state index contributed by atoms with van der Waals surface area (Å²) in [7, 11) is 0. The van der Waals surface area contributed by atoms with Gasteiger partial charge in [-0.05, 0) is 18.4 Å². The van der Waals surface area contributed by atoms with Crippen LogP contribution in [0.25, 0.3) is 0 Å². The Morgan fingerprint density at radius 3 is 2.85 bits per heavy atom. The second kappa shape index (κ2) is 9.65. The molecule has 1 aromatic heterocycles. The SMILES string of the molecule is O=C(CSc1nnc(NC(=O)Cc2ccccc2)s1)NC[C@@H]1CCCO1. The number of aromatic nitrogens is 2. The van der Waals surface area contributed by atoms with Crippen molar-refractivity contribution in [2.75, 3.05) is 24.2 Å². The summed E-state index contributed by atoms with van der Waals surface area (Å²) in [5.74, 6) is 0.0628. The van der Waals surface area contributed by atoms with E-state index in [0.717, 1.165) is 25.0 Å². The monoisotopic (exact) mass is 392 g/mol. The van der Waals surface area contributed by atoms with Gasteiger partial charge in [0, 0.05) is 13.2 Å². The number of nitrogens with zero attached hydrogens (tertiary/aromatic N) is 2. The van der Waals surface area contributed by atoms with E-state index in [4.69, 9.17) is 4.74 Å². The Morgan fingerprint density at radius 2 is 2.08 bits per heavy atom. The van der Waals surface area contributed by atoms with Gasteiger partial charge >= 0.3 is 0 Å². The summed E-state index contributed by atoms with van der Waals surface area (Å²) < 4.78 is 6.11. The number of amides is 2. The lowest BCUT2D eigenvalue weighted by atomic mass is 10.1. The molecule has 1 saturated heterocycles. The molecule has 1 atom stereocenters. The highest BCUT2D eigenvalue weighted by Crippen LogP contribution is 2.25. The van der Waals surface area contributed by atoms with Crippen LogP contribution in [0.1, 0.15) is 18.4 Å². The minimum atomic E-state index is -0.141. The number of hydrogen-bond donors (Lipinski definition) is 2. The summed E-state index contributed by atoms with van der Waals surface area (Å²) in [6, 6.07) is 9.50. The van der Waals surface area contributed by atoms with Gasteiger partial charge in [-0.15, -0.1) is 10.2 Å². The first-order valence-electron chi connectivity index (χ1n) is 8.37. The maximum Gasteiger partial charge on any atom is 0.230 e. The van der Waals surface area contributed by atoms with Crippen LogP contribution < -0.4 is 10.6 Å². The van der Waals surface area contributed by atoms with E-state index in [1.165, 1.54) is 23.1 Å². The van der Waals surface area contributed by atoms with E-state index < -0.39 is 0 Å². The van der Waals surface area contributed by atoms with Gasteiger partial charge in [-0.1, -0.05) is 53.4 Å². The molecule has 0 bridgehead atoms. The van der Waals surface area contributed by atoms with E-state index in [0.29, 0.717) is 16.0 Å². The number of carbonyl (C=O) groups is 2. The summed E-state index contributed by atoms with van der Waals surface area (Å²) in [5, 5.41) is 14.0. The van der Waals surface area contributed by atoms with Crippen molar-refractivity contribution in [2.45, 2.75) is 29.7 Å². The highest BCUT2D eigenvalue weighted by atomic mass is 32.2. The molecule has 2 aromatic rings. The largest absolute Gasteiger partial charge is 0.376 e. The fourth-order valence-corrected chi connectivity index (χ4v) is 4.07. The molecule has 3 rings (SSSR count). The number of ether oxygens (including phenoxy) is 1. The lowest BCUT2D eigenvalue weighted by molar-refractivity contribution is -0.119. The molecule has 9 heteroatoms. The van der Waals surface area contributed by atoms with Gasteiger partial charge < -0.3 is 15.4 Å². The van der Waals surface area contributed by atoms with Crippen LogP contribution in [0.2, 0.25) is 0 Å². The summed E-state index contributed by atoms with van der Waals surface area (Å²) in [6.07, 6.45) is 2.47. The molecule has 1 aliphatic heterocycles. The van der Waals surface area contributed by atoms with Crippen molar-refractivity contribution in [1.82, 2.24) is 15.5 Å². The zero-order chi connectivity index (χ0) is 18.2. The van der Waals surface area contributed by atoms with E-state index in [2.05, 4.69) is 20.8 Å². The highest BCUT2D eigenvalue weighted by Gasteiger charge is 2.16. The standard InChI is InChI=1S/C17H20N4O3S2/c22-14(9-12-5-2-1-3-6-12)19-16-20-21-17(26-16)25-11-15(23)18-10-13-7-4-8-24-13/h1-3,5-6,13H,4,7-11H2,(H,18,23)(H,19,20,22)/t13-/m0/s1. The molecule has 2 heterocycles. The van der Waals surface area contributed by atoms with Crippen molar-refractivity contribution in [3.63, 3.8) is 0 Å². The predicted molar refractivity (Wildman–Crippen MR) is 101 cm³/mol. The Morgan fingerprint density at radius 1 is 1.23 bits per heavy atom. The molecule has 2 N–H and O–H groups in total. The molecule has 0 aliphatic carbocycles. The van der Waals surface area contributed by atoms with Crippen LogP contribution in [0.3, 0.4) is 0 Å². The number of nitrogens with one attached hydrogen (secondary N) is 2. The first-order valence-corrected chi connectivity index (χ1v) is 10.2. The number of benzene rings is 1. The third-order valence-corrected chi connectivity index (χ3v) is 5.71. The summed E-state index contributed by atoms with van der Waals surface area (Å²) in [5.41, 5.74) is 0.937. The zero-order valence-electron chi connectivity index (χ0n) is 14.1. The molecule has 1 aromatic carbocycles. The third kappa shape index (κ3) is 6.08. The molecule has 7 nitrogen and oxygen atoms in total. The lowest BCUT2D eigenvalue weighted by Gasteiger charge is -2.09. The molecule has 138 valence electrons. The van der Waals surface area contributed by atoms with Gasteiger partial charge in [-0.2, -0.15) is 0 Å². The number of anilines is 1. The number of hydrogen-bond acceptors (Lipinski definition) is 7.